The Morgan fingerprint density at radius 3 is 2.04 bits per heavy atom. The van der Waals surface area contributed by atoms with Crippen LogP contribution in [-0.4, -0.2) is 4.57 Å². The first-order valence-corrected chi connectivity index (χ1v) is 17.8. The van der Waals surface area contributed by atoms with Crippen molar-refractivity contribution in [1.82, 2.24) is 4.57 Å². The zero-order valence-corrected chi connectivity index (χ0v) is 27.7. The number of anilines is 3. The second-order valence-electron chi connectivity index (χ2n) is 12.9. The maximum absolute atomic E-state index is 6.82. The molecule has 234 valence electrons. The van der Waals surface area contributed by atoms with Gasteiger partial charge in [0.05, 0.1) is 32.8 Å². The van der Waals surface area contributed by atoms with Crippen LogP contribution in [0.2, 0.25) is 0 Å². The molecule has 0 radical (unpaired) electrons. The van der Waals surface area contributed by atoms with Crippen molar-refractivity contribution in [3.63, 3.8) is 0 Å². The highest BCUT2D eigenvalue weighted by atomic mass is 32.1. The molecule has 3 heterocycles. The SMILES string of the molecule is c1ccc(-n2c3ccccc3c3c(N(c4cccc5c4oc4ccccc45)c4c5ccccc5cc5c4sc4ccccc45)cccc32)cc1. The minimum Gasteiger partial charge on any atom is -0.454 e. The van der Waals surface area contributed by atoms with Gasteiger partial charge in [-0.05, 0) is 60.0 Å². The van der Waals surface area contributed by atoms with Crippen LogP contribution in [0, 0.1) is 0 Å². The minimum atomic E-state index is 0.875. The molecule has 50 heavy (non-hydrogen) atoms. The van der Waals surface area contributed by atoms with Gasteiger partial charge in [0.15, 0.2) is 5.58 Å². The van der Waals surface area contributed by atoms with Crippen LogP contribution >= 0.6 is 11.3 Å². The zero-order valence-electron chi connectivity index (χ0n) is 26.9. The lowest BCUT2D eigenvalue weighted by Gasteiger charge is -2.28. The second kappa shape index (κ2) is 10.6. The fourth-order valence-corrected chi connectivity index (χ4v) is 9.28. The number of nitrogens with zero attached hydrogens (tertiary/aromatic N) is 2. The van der Waals surface area contributed by atoms with Gasteiger partial charge in [-0.2, -0.15) is 0 Å². The van der Waals surface area contributed by atoms with Crippen LogP contribution < -0.4 is 4.90 Å². The van der Waals surface area contributed by atoms with Crippen LogP contribution in [0.15, 0.2) is 174 Å². The van der Waals surface area contributed by atoms with Crippen molar-refractivity contribution in [2.75, 3.05) is 4.90 Å². The standard InChI is InChI=1S/C46H28N2OS/c1-2-15-30(16-3-1)47-37-22-9-6-20-35(37)43-38(47)23-13-24-39(43)48(40-25-12-21-34-32-18-7-10-26-41(32)49-45(34)40)44-31-17-5-4-14-29(31)28-36-33-19-8-11-27-42(33)50-46(36)44/h1-28H. The molecule has 0 aliphatic rings. The van der Waals surface area contributed by atoms with Gasteiger partial charge in [-0.3, -0.25) is 0 Å². The maximum atomic E-state index is 6.82. The van der Waals surface area contributed by atoms with Gasteiger partial charge in [-0.1, -0.05) is 115 Å². The molecule has 0 bridgehead atoms. The Kier molecular flexibility index (Phi) is 5.83. The lowest BCUT2D eigenvalue weighted by atomic mass is 10.0. The lowest BCUT2D eigenvalue weighted by molar-refractivity contribution is 0.669. The quantitative estimate of drug-likeness (QED) is 0.188. The first-order valence-electron chi connectivity index (χ1n) is 16.9. The minimum absolute atomic E-state index is 0.875. The summed E-state index contributed by atoms with van der Waals surface area (Å²) in [5.74, 6) is 0. The van der Waals surface area contributed by atoms with Crippen LogP contribution in [0.4, 0.5) is 17.1 Å². The molecule has 0 unspecified atom stereocenters. The third kappa shape index (κ3) is 3.85. The van der Waals surface area contributed by atoms with Gasteiger partial charge in [0.2, 0.25) is 0 Å². The molecule has 11 rings (SSSR count). The van der Waals surface area contributed by atoms with Gasteiger partial charge >= 0.3 is 0 Å². The highest BCUT2D eigenvalue weighted by Gasteiger charge is 2.27. The van der Waals surface area contributed by atoms with Gasteiger partial charge in [0, 0.05) is 48.1 Å². The normalized spacial score (nSPS) is 12.0. The van der Waals surface area contributed by atoms with Gasteiger partial charge in [0.25, 0.3) is 0 Å². The highest BCUT2D eigenvalue weighted by molar-refractivity contribution is 7.26. The van der Waals surface area contributed by atoms with E-state index in [4.69, 9.17) is 4.42 Å². The predicted molar refractivity (Wildman–Crippen MR) is 213 cm³/mol. The van der Waals surface area contributed by atoms with E-state index in [0.29, 0.717) is 0 Å². The summed E-state index contributed by atoms with van der Waals surface area (Å²) in [7, 11) is 0. The average Bonchev–Trinajstić information content (AvgIpc) is 3.85. The van der Waals surface area contributed by atoms with Crippen molar-refractivity contribution >= 4 is 103 Å². The molecule has 0 fully saturated rings. The van der Waals surface area contributed by atoms with Crippen molar-refractivity contribution < 1.29 is 4.42 Å². The second-order valence-corrected chi connectivity index (χ2v) is 13.9. The van der Waals surface area contributed by atoms with Crippen molar-refractivity contribution in [1.29, 1.82) is 0 Å². The van der Waals surface area contributed by atoms with E-state index in [9.17, 15) is 0 Å². The smallest absolute Gasteiger partial charge is 0.159 e. The molecule has 0 atom stereocenters. The summed E-state index contributed by atoms with van der Waals surface area (Å²) < 4.78 is 11.7. The molecule has 0 saturated heterocycles. The summed E-state index contributed by atoms with van der Waals surface area (Å²) in [5, 5.41) is 9.57. The number of hydrogen-bond donors (Lipinski definition) is 0. The number of fused-ring (bicyclic) bond motifs is 10. The summed E-state index contributed by atoms with van der Waals surface area (Å²) in [6.45, 7) is 0. The van der Waals surface area contributed by atoms with E-state index in [2.05, 4.69) is 173 Å². The Bertz CT molecular complexity index is 3110. The summed E-state index contributed by atoms with van der Waals surface area (Å²) in [5.41, 5.74) is 8.51. The summed E-state index contributed by atoms with van der Waals surface area (Å²) in [4.78, 5) is 2.49. The monoisotopic (exact) mass is 656 g/mol. The molecule has 0 N–H and O–H groups in total. The van der Waals surface area contributed by atoms with E-state index in [-0.39, 0.29) is 0 Å². The summed E-state index contributed by atoms with van der Waals surface area (Å²) in [6, 6.07) is 61.1. The fraction of sp³-hybridized carbons (Fsp3) is 0. The summed E-state index contributed by atoms with van der Waals surface area (Å²) >= 11 is 1.86. The molecule has 11 aromatic rings. The van der Waals surface area contributed by atoms with E-state index in [1.807, 2.05) is 17.4 Å². The molecule has 3 aromatic heterocycles. The number of para-hydroxylation sites is 4. The molecular weight excluding hydrogens is 629 g/mol. The van der Waals surface area contributed by atoms with Crippen LogP contribution in [0.25, 0.3) is 80.4 Å². The molecule has 0 amide bonds. The first kappa shape index (κ1) is 27.6. The molecule has 8 aromatic carbocycles. The van der Waals surface area contributed by atoms with E-state index in [1.54, 1.807) is 0 Å². The highest BCUT2D eigenvalue weighted by Crippen LogP contribution is 2.52. The third-order valence-corrected chi connectivity index (χ3v) is 11.3. The molecule has 3 nitrogen and oxygen atoms in total. The molecule has 4 heteroatoms. The Labute approximate surface area is 291 Å². The Hall–Kier alpha value is -6.36. The predicted octanol–water partition coefficient (Wildman–Crippen LogP) is 13.7. The van der Waals surface area contributed by atoms with Gasteiger partial charge in [0.1, 0.15) is 5.58 Å². The number of rotatable bonds is 4. The van der Waals surface area contributed by atoms with Crippen LogP contribution in [0.1, 0.15) is 0 Å². The van der Waals surface area contributed by atoms with Gasteiger partial charge in [-0.25, -0.2) is 0 Å². The number of thiophene rings is 1. The topological polar surface area (TPSA) is 21.3 Å². The molecule has 0 aliphatic heterocycles. The van der Waals surface area contributed by atoms with E-state index in [0.717, 1.165) is 50.2 Å². The van der Waals surface area contributed by atoms with E-state index in [1.165, 1.54) is 47.2 Å². The molecule has 0 spiro atoms. The van der Waals surface area contributed by atoms with Gasteiger partial charge in [-0.15, -0.1) is 11.3 Å². The number of furan rings is 1. The fourth-order valence-electron chi connectivity index (χ4n) is 8.04. The number of hydrogen-bond acceptors (Lipinski definition) is 3. The van der Waals surface area contributed by atoms with Crippen LogP contribution in [0.3, 0.4) is 0 Å². The maximum Gasteiger partial charge on any atom is 0.159 e. The van der Waals surface area contributed by atoms with Gasteiger partial charge < -0.3 is 13.9 Å². The van der Waals surface area contributed by atoms with E-state index < -0.39 is 0 Å². The molecular formula is C46H28N2OS. The van der Waals surface area contributed by atoms with E-state index >= 15 is 0 Å². The van der Waals surface area contributed by atoms with Crippen LogP contribution in [0.5, 0.6) is 0 Å². The van der Waals surface area contributed by atoms with Crippen molar-refractivity contribution in [2.45, 2.75) is 0 Å². The van der Waals surface area contributed by atoms with Crippen molar-refractivity contribution in [3.05, 3.63) is 170 Å². The average molecular weight is 657 g/mol. The Balaban J connectivity index is 1.35. The van der Waals surface area contributed by atoms with Crippen molar-refractivity contribution in [2.24, 2.45) is 0 Å². The zero-order chi connectivity index (χ0) is 32.8. The Morgan fingerprint density at radius 2 is 1.14 bits per heavy atom. The number of benzene rings is 8. The third-order valence-electron chi connectivity index (χ3n) is 10.1. The first-order chi connectivity index (χ1) is 24.8. The van der Waals surface area contributed by atoms with Crippen molar-refractivity contribution in [3.8, 4) is 5.69 Å². The lowest BCUT2D eigenvalue weighted by Crippen LogP contribution is -2.11. The molecule has 0 aliphatic carbocycles. The number of aromatic nitrogens is 1. The summed E-state index contributed by atoms with van der Waals surface area (Å²) in [6.07, 6.45) is 0. The molecule has 0 saturated carbocycles. The Morgan fingerprint density at radius 1 is 0.480 bits per heavy atom. The van der Waals surface area contributed by atoms with Crippen LogP contribution in [-0.2, 0) is 0 Å². The largest absolute Gasteiger partial charge is 0.454 e.